The van der Waals surface area contributed by atoms with Crippen LogP contribution in [-0.4, -0.2) is 21.2 Å². The molecule has 3 heteroatoms. The number of nitrogens with zero attached hydrogens (tertiary/aromatic N) is 1. The van der Waals surface area contributed by atoms with Gasteiger partial charge in [0.25, 0.3) is 0 Å². The van der Waals surface area contributed by atoms with Crippen LogP contribution in [0.1, 0.15) is 17.8 Å². The Hall–Kier alpha value is -0.830. The van der Waals surface area contributed by atoms with Crippen molar-refractivity contribution in [2.45, 2.75) is 25.4 Å². The first-order chi connectivity index (χ1) is 4.86. The van der Waals surface area contributed by atoms with Gasteiger partial charge in [0, 0.05) is 12.1 Å². The average molecular weight is 138 g/mol. The van der Waals surface area contributed by atoms with Gasteiger partial charge >= 0.3 is 0 Å². The Morgan fingerprint density at radius 2 is 2.60 bits per heavy atom. The molecule has 0 spiro atoms. The van der Waals surface area contributed by atoms with Crippen molar-refractivity contribution in [1.29, 1.82) is 0 Å². The summed E-state index contributed by atoms with van der Waals surface area (Å²) >= 11 is 0. The van der Waals surface area contributed by atoms with Crippen molar-refractivity contribution in [3.05, 3.63) is 17.7 Å². The van der Waals surface area contributed by atoms with Gasteiger partial charge in [0.2, 0.25) is 0 Å². The van der Waals surface area contributed by atoms with Crippen LogP contribution in [0.25, 0.3) is 0 Å². The molecule has 0 aliphatic heterocycles. The molecule has 1 aliphatic rings. The summed E-state index contributed by atoms with van der Waals surface area (Å²) in [6, 6.07) is 0. The number of aromatic amines is 1. The van der Waals surface area contributed by atoms with Crippen LogP contribution >= 0.6 is 0 Å². The molecule has 0 saturated carbocycles. The maximum absolute atomic E-state index is 9.23. The highest BCUT2D eigenvalue weighted by atomic mass is 16.3. The molecule has 1 heterocycles. The van der Waals surface area contributed by atoms with Crippen LogP contribution < -0.4 is 0 Å². The number of aryl methyl sites for hydroxylation is 1. The molecule has 0 saturated heterocycles. The van der Waals surface area contributed by atoms with E-state index in [0.29, 0.717) is 0 Å². The van der Waals surface area contributed by atoms with E-state index in [9.17, 15) is 5.11 Å². The van der Waals surface area contributed by atoms with Gasteiger partial charge in [0.1, 0.15) is 0 Å². The minimum absolute atomic E-state index is 0.159. The summed E-state index contributed by atoms with van der Waals surface area (Å²) in [7, 11) is 0. The second-order valence-electron chi connectivity index (χ2n) is 2.72. The second-order valence-corrected chi connectivity index (χ2v) is 2.72. The summed E-state index contributed by atoms with van der Waals surface area (Å²) in [4.78, 5) is 7.14. The molecule has 0 amide bonds. The van der Waals surface area contributed by atoms with Crippen LogP contribution in [0.3, 0.4) is 0 Å². The Labute approximate surface area is 59.1 Å². The molecule has 10 heavy (non-hydrogen) atoms. The van der Waals surface area contributed by atoms with Gasteiger partial charge in [-0.05, 0) is 12.8 Å². The number of rotatable bonds is 0. The van der Waals surface area contributed by atoms with Crippen molar-refractivity contribution in [3.8, 4) is 0 Å². The number of aliphatic hydroxyl groups excluding tert-OH is 1. The lowest BCUT2D eigenvalue weighted by molar-refractivity contribution is 0.157. The number of hydrogen-bond acceptors (Lipinski definition) is 2. The SMILES string of the molecule is OC1CCc2nc[nH]c2C1. The molecule has 54 valence electrons. The molecule has 1 aliphatic carbocycles. The molecule has 1 atom stereocenters. The van der Waals surface area contributed by atoms with E-state index in [1.54, 1.807) is 6.33 Å². The highest BCUT2D eigenvalue weighted by Crippen LogP contribution is 2.16. The fraction of sp³-hybridized carbons (Fsp3) is 0.571. The Balaban J connectivity index is 2.30. The van der Waals surface area contributed by atoms with Gasteiger partial charge in [-0.1, -0.05) is 0 Å². The van der Waals surface area contributed by atoms with Gasteiger partial charge in [0.15, 0.2) is 0 Å². The largest absolute Gasteiger partial charge is 0.393 e. The van der Waals surface area contributed by atoms with Crippen molar-refractivity contribution in [3.63, 3.8) is 0 Å². The molecular formula is C7H10N2O. The summed E-state index contributed by atoms with van der Waals surface area (Å²) in [5.41, 5.74) is 2.24. The first-order valence-corrected chi connectivity index (χ1v) is 3.55. The number of aliphatic hydroxyl groups is 1. The molecule has 1 aromatic heterocycles. The lowest BCUT2D eigenvalue weighted by Crippen LogP contribution is -2.18. The van der Waals surface area contributed by atoms with Crippen molar-refractivity contribution in [2.24, 2.45) is 0 Å². The molecule has 2 N–H and O–H groups in total. The molecule has 1 aromatic rings. The van der Waals surface area contributed by atoms with Crippen LogP contribution in [0.5, 0.6) is 0 Å². The van der Waals surface area contributed by atoms with Crippen LogP contribution in [-0.2, 0) is 12.8 Å². The summed E-state index contributed by atoms with van der Waals surface area (Å²) in [6.07, 6.45) is 4.06. The molecule has 1 unspecified atom stereocenters. The molecule has 3 nitrogen and oxygen atoms in total. The lowest BCUT2D eigenvalue weighted by atomic mass is 9.99. The molecule has 0 radical (unpaired) electrons. The Morgan fingerprint density at radius 1 is 1.70 bits per heavy atom. The number of imidazole rings is 1. The zero-order chi connectivity index (χ0) is 6.97. The van der Waals surface area contributed by atoms with Crippen LogP contribution in [0.2, 0.25) is 0 Å². The number of nitrogens with one attached hydrogen (secondary N) is 1. The molecule has 2 rings (SSSR count). The third-order valence-corrected chi connectivity index (χ3v) is 1.96. The monoisotopic (exact) mass is 138 g/mol. The van der Waals surface area contributed by atoms with Crippen molar-refractivity contribution in [1.82, 2.24) is 9.97 Å². The predicted octanol–water partition coefficient (Wildman–Crippen LogP) is 0.259. The van der Waals surface area contributed by atoms with E-state index in [-0.39, 0.29) is 6.10 Å². The van der Waals surface area contributed by atoms with E-state index in [1.165, 1.54) is 0 Å². The number of hydrogen-bond donors (Lipinski definition) is 2. The molecular weight excluding hydrogens is 128 g/mol. The van der Waals surface area contributed by atoms with E-state index in [0.717, 1.165) is 30.7 Å². The van der Waals surface area contributed by atoms with Gasteiger partial charge in [-0.3, -0.25) is 0 Å². The Morgan fingerprint density at radius 3 is 3.50 bits per heavy atom. The van der Waals surface area contributed by atoms with E-state index >= 15 is 0 Å². The minimum atomic E-state index is -0.159. The van der Waals surface area contributed by atoms with E-state index < -0.39 is 0 Å². The first-order valence-electron chi connectivity index (χ1n) is 3.55. The number of fused-ring (bicyclic) bond motifs is 1. The van der Waals surface area contributed by atoms with E-state index in [2.05, 4.69) is 9.97 Å². The van der Waals surface area contributed by atoms with Gasteiger partial charge < -0.3 is 10.1 Å². The maximum Gasteiger partial charge on any atom is 0.0925 e. The van der Waals surface area contributed by atoms with Crippen molar-refractivity contribution in [2.75, 3.05) is 0 Å². The van der Waals surface area contributed by atoms with Crippen molar-refractivity contribution >= 4 is 0 Å². The first kappa shape index (κ1) is 5.92. The maximum atomic E-state index is 9.23. The summed E-state index contributed by atoms with van der Waals surface area (Å²) in [5, 5.41) is 9.23. The Bertz CT molecular complexity index is 231. The zero-order valence-electron chi connectivity index (χ0n) is 5.67. The standard InChI is InChI=1S/C7H10N2O/c10-5-1-2-6-7(3-5)9-4-8-6/h4-5,10H,1-3H2,(H,8,9). The Kier molecular flexibility index (Phi) is 1.24. The predicted molar refractivity (Wildman–Crippen MR) is 36.6 cm³/mol. The lowest BCUT2D eigenvalue weighted by Gasteiger charge is -2.14. The fourth-order valence-corrected chi connectivity index (χ4v) is 1.38. The third-order valence-electron chi connectivity index (χ3n) is 1.96. The van der Waals surface area contributed by atoms with Crippen LogP contribution in [0.15, 0.2) is 6.33 Å². The van der Waals surface area contributed by atoms with Gasteiger partial charge in [-0.25, -0.2) is 4.98 Å². The summed E-state index contributed by atoms with van der Waals surface area (Å²) in [5.74, 6) is 0. The van der Waals surface area contributed by atoms with Crippen LogP contribution in [0.4, 0.5) is 0 Å². The molecule has 0 fully saturated rings. The zero-order valence-corrected chi connectivity index (χ0v) is 5.67. The van der Waals surface area contributed by atoms with Gasteiger partial charge in [-0.15, -0.1) is 0 Å². The summed E-state index contributed by atoms with van der Waals surface area (Å²) < 4.78 is 0. The van der Waals surface area contributed by atoms with Crippen molar-refractivity contribution < 1.29 is 5.11 Å². The third kappa shape index (κ3) is 0.827. The van der Waals surface area contributed by atoms with E-state index in [4.69, 9.17) is 0 Å². The highest BCUT2D eigenvalue weighted by molar-refractivity contribution is 5.15. The van der Waals surface area contributed by atoms with E-state index in [1.807, 2.05) is 0 Å². The topological polar surface area (TPSA) is 48.9 Å². The normalized spacial score (nSPS) is 24.3. The highest BCUT2D eigenvalue weighted by Gasteiger charge is 2.17. The summed E-state index contributed by atoms with van der Waals surface area (Å²) in [6.45, 7) is 0. The number of H-pyrrole nitrogens is 1. The molecule has 0 aromatic carbocycles. The second kappa shape index (κ2) is 2.09. The van der Waals surface area contributed by atoms with Gasteiger partial charge in [-0.2, -0.15) is 0 Å². The fourth-order valence-electron chi connectivity index (χ4n) is 1.38. The van der Waals surface area contributed by atoms with Crippen LogP contribution in [0, 0.1) is 0 Å². The number of aromatic nitrogens is 2. The molecule has 0 bridgehead atoms. The van der Waals surface area contributed by atoms with Gasteiger partial charge in [0.05, 0.1) is 18.1 Å². The smallest absolute Gasteiger partial charge is 0.0925 e. The minimum Gasteiger partial charge on any atom is -0.393 e. The quantitative estimate of drug-likeness (QED) is 0.540. The average Bonchev–Trinajstić information content (AvgIpc) is 2.33.